The van der Waals surface area contributed by atoms with E-state index in [0.717, 1.165) is 0 Å². The maximum absolute atomic E-state index is 13.0. The van der Waals surface area contributed by atoms with Gasteiger partial charge in [-0.15, -0.1) is 0 Å². The molecule has 23 heavy (non-hydrogen) atoms. The molecule has 4 nitrogen and oxygen atoms in total. The van der Waals surface area contributed by atoms with Crippen molar-refractivity contribution in [2.24, 2.45) is 0 Å². The molecule has 0 atom stereocenters. The Hall–Kier alpha value is -1.92. The molecule has 0 spiro atoms. The van der Waals surface area contributed by atoms with Crippen LogP contribution in [-0.2, 0) is 0 Å². The van der Waals surface area contributed by atoms with Crippen molar-refractivity contribution in [2.45, 2.75) is 0 Å². The highest BCUT2D eigenvalue weighted by molar-refractivity contribution is 9.10. The van der Waals surface area contributed by atoms with Crippen LogP contribution in [-0.4, -0.2) is 24.9 Å². The monoisotopic (exact) mass is 398 g/mol. The quantitative estimate of drug-likeness (QED) is 0.757. The molecular formula is C16H13BrClFN2O2. The van der Waals surface area contributed by atoms with Crippen LogP contribution in [0.1, 0.15) is 20.7 Å². The SMILES string of the molecule is O=C(NCCNC(=O)c1ccc(F)cc1Br)c1ccccc1Cl. The van der Waals surface area contributed by atoms with Crippen molar-refractivity contribution in [3.8, 4) is 0 Å². The molecule has 0 aromatic heterocycles. The van der Waals surface area contributed by atoms with Gasteiger partial charge in [-0.25, -0.2) is 4.39 Å². The number of hydrogen-bond donors (Lipinski definition) is 2. The Morgan fingerprint density at radius 2 is 1.61 bits per heavy atom. The van der Waals surface area contributed by atoms with Crippen molar-refractivity contribution in [1.29, 1.82) is 0 Å². The summed E-state index contributed by atoms with van der Waals surface area (Å²) < 4.78 is 13.4. The van der Waals surface area contributed by atoms with Crippen molar-refractivity contribution in [3.63, 3.8) is 0 Å². The molecule has 120 valence electrons. The molecule has 2 N–H and O–H groups in total. The molecule has 2 aromatic rings. The first-order valence-electron chi connectivity index (χ1n) is 6.75. The van der Waals surface area contributed by atoms with Crippen molar-refractivity contribution >= 4 is 39.3 Å². The van der Waals surface area contributed by atoms with Gasteiger partial charge in [0.25, 0.3) is 11.8 Å². The Bertz CT molecular complexity index is 740. The third-order valence-electron chi connectivity index (χ3n) is 2.99. The molecule has 0 aliphatic carbocycles. The first kappa shape index (κ1) is 17.4. The molecule has 0 radical (unpaired) electrons. The third-order valence-corrected chi connectivity index (χ3v) is 3.98. The first-order chi connectivity index (χ1) is 11.0. The maximum atomic E-state index is 13.0. The van der Waals surface area contributed by atoms with E-state index < -0.39 is 5.82 Å². The van der Waals surface area contributed by atoms with Gasteiger partial charge in [0.15, 0.2) is 0 Å². The van der Waals surface area contributed by atoms with Crippen LogP contribution >= 0.6 is 27.5 Å². The lowest BCUT2D eigenvalue weighted by Gasteiger charge is -2.09. The lowest BCUT2D eigenvalue weighted by atomic mass is 10.2. The summed E-state index contributed by atoms with van der Waals surface area (Å²) in [5, 5.41) is 5.67. The fourth-order valence-corrected chi connectivity index (χ4v) is 2.61. The van der Waals surface area contributed by atoms with E-state index in [9.17, 15) is 14.0 Å². The van der Waals surface area contributed by atoms with Gasteiger partial charge in [-0.2, -0.15) is 0 Å². The fraction of sp³-hybridized carbons (Fsp3) is 0.125. The molecule has 0 saturated carbocycles. The summed E-state index contributed by atoms with van der Waals surface area (Å²) in [5.74, 6) is -1.10. The summed E-state index contributed by atoms with van der Waals surface area (Å²) in [6.07, 6.45) is 0. The van der Waals surface area contributed by atoms with Crippen LogP contribution in [0.4, 0.5) is 4.39 Å². The number of halogens is 3. The highest BCUT2D eigenvalue weighted by Crippen LogP contribution is 2.17. The van der Waals surface area contributed by atoms with Crippen LogP contribution in [0.25, 0.3) is 0 Å². The minimum absolute atomic E-state index is 0.235. The van der Waals surface area contributed by atoms with Crippen LogP contribution in [0.3, 0.4) is 0 Å². The van der Waals surface area contributed by atoms with Crippen LogP contribution in [0.15, 0.2) is 46.9 Å². The highest BCUT2D eigenvalue weighted by Gasteiger charge is 2.11. The van der Waals surface area contributed by atoms with Gasteiger partial charge in [0.2, 0.25) is 0 Å². The Labute approximate surface area is 146 Å². The third kappa shape index (κ3) is 4.77. The van der Waals surface area contributed by atoms with Crippen molar-refractivity contribution in [3.05, 3.63) is 68.9 Å². The fourth-order valence-electron chi connectivity index (χ4n) is 1.86. The van der Waals surface area contributed by atoms with E-state index in [1.165, 1.54) is 18.2 Å². The van der Waals surface area contributed by atoms with Crippen molar-refractivity contribution in [1.82, 2.24) is 10.6 Å². The van der Waals surface area contributed by atoms with Crippen LogP contribution in [0, 0.1) is 5.82 Å². The topological polar surface area (TPSA) is 58.2 Å². The Kier molecular flexibility index (Phi) is 6.12. The van der Waals surface area contributed by atoms with Crippen LogP contribution in [0.2, 0.25) is 5.02 Å². The Balaban J connectivity index is 1.82. The van der Waals surface area contributed by atoms with Gasteiger partial charge in [0, 0.05) is 17.6 Å². The van der Waals surface area contributed by atoms with E-state index in [2.05, 4.69) is 26.6 Å². The number of benzene rings is 2. The molecule has 2 amide bonds. The number of carbonyl (C=O) groups excluding carboxylic acids is 2. The van der Waals surface area contributed by atoms with Crippen molar-refractivity contribution in [2.75, 3.05) is 13.1 Å². The highest BCUT2D eigenvalue weighted by atomic mass is 79.9. The molecule has 0 heterocycles. The second-order valence-corrected chi connectivity index (χ2v) is 5.88. The minimum Gasteiger partial charge on any atom is -0.350 e. The largest absolute Gasteiger partial charge is 0.350 e. The molecule has 0 aliphatic heterocycles. The van der Waals surface area contributed by atoms with Gasteiger partial charge in [-0.1, -0.05) is 23.7 Å². The average molecular weight is 400 g/mol. The molecule has 0 bridgehead atoms. The summed E-state index contributed by atoms with van der Waals surface area (Å²) in [7, 11) is 0. The van der Waals surface area contributed by atoms with E-state index in [4.69, 9.17) is 11.6 Å². The van der Waals surface area contributed by atoms with Crippen molar-refractivity contribution < 1.29 is 14.0 Å². The number of rotatable bonds is 5. The minimum atomic E-state index is -0.430. The smallest absolute Gasteiger partial charge is 0.252 e. The molecule has 0 saturated heterocycles. The van der Waals surface area contributed by atoms with E-state index >= 15 is 0 Å². The molecule has 0 unspecified atom stereocenters. The average Bonchev–Trinajstić information content (AvgIpc) is 2.51. The van der Waals surface area contributed by atoms with Gasteiger partial charge in [-0.05, 0) is 46.3 Å². The van der Waals surface area contributed by atoms with E-state index in [1.54, 1.807) is 24.3 Å². The number of amides is 2. The molecular weight excluding hydrogens is 387 g/mol. The Morgan fingerprint density at radius 1 is 1.00 bits per heavy atom. The van der Waals surface area contributed by atoms with Gasteiger partial charge < -0.3 is 10.6 Å². The zero-order valence-electron chi connectivity index (χ0n) is 11.9. The summed E-state index contributed by atoms with van der Waals surface area (Å²) in [4.78, 5) is 23.9. The predicted molar refractivity (Wildman–Crippen MR) is 90.2 cm³/mol. The normalized spacial score (nSPS) is 10.2. The standard InChI is InChI=1S/C16H13BrClFN2O2/c17-13-9-10(19)5-6-11(13)15(22)20-7-8-21-16(23)12-3-1-2-4-14(12)18/h1-6,9H,7-8H2,(H,20,22)(H,21,23). The molecule has 2 rings (SSSR count). The van der Waals surface area contributed by atoms with Gasteiger partial charge >= 0.3 is 0 Å². The Morgan fingerprint density at radius 3 is 2.22 bits per heavy atom. The maximum Gasteiger partial charge on any atom is 0.252 e. The number of carbonyl (C=O) groups is 2. The lowest BCUT2D eigenvalue weighted by Crippen LogP contribution is -2.34. The zero-order chi connectivity index (χ0) is 16.8. The van der Waals surface area contributed by atoms with Gasteiger partial charge in [-0.3, -0.25) is 9.59 Å². The summed E-state index contributed by atoms with van der Waals surface area (Å²) >= 11 is 9.06. The number of hydrogen-bond acceptors (Lipinski definition) is 2. The van der Waals surface area contributed by atoms with E-state index in [-0.39, 0.29) is 24.9 Å². The summed E-state index contributed by atoms with van der Waals surface area (Å²) in [5.41, 5.74) is 0.700. The van der Waals surface area contributed by atoms with Crippen LogP contribution < -0.4 is 10.6 Å². The van der Waals surface area contributed by atoms with Crippen LogP contribution in [0.5, 0.6) is 0 Å². The second kappa shape index (κ2) is 8.08. The summed E-state index contributed by atoms with van der Waals surface area (Å²) in [6, 6.07) is 10.5. The molecule has 0 aliphatic rings. The lowest BCUT2D eigenvalue weighted by molar-refractivity contribution is 0.0927. The van der Waals surface area contributed by atoms with E-state index in [0.29, 0.717) is 20.6 Å². The first-order valence-corrected chi connectivity index (χ1v) is 7.92. The predicted octanol–water partition coefficient (Wildman–Crippen LogP) is 3.40. The second-order valence-electron chi connectivity index (χ2n) is 4.62. The molecule has 7 heteroatoms. The molecule has 0 fully saturated rings. The van der Waals surface area contributed by atoms with Gasteiger partial charge in [0.05, 0.1) is 16.1 Å². The van der Waals surface area contributed by atoms with E-state index in [1.807, 2.05) is 0 Å². The zero-order valence-corrected chi connectivity index (χ0v) is 14.2. The summed E-state index contributed by atoms with van der Waals surface area (Å²) in [6.45, 7) is 0.480. The molecule has 2 aromatic carbocycles. The number of nitrogens with one attached hydrogen (secondary N) is 2. The van der Waals surface area contributed by atoms with Gasteiger partial charge in [0.1, 0.15) is 5.82 Å².